The van der Waals surface area contributed by atoms with Crippen molar-refractivity contribution < 1.29 is 4.79 Å². The Labute approximate surface area is 162 Å². The fraction of sp³-hybridized carbons (Fsp3) is 0.455. The molecule has 1 amide bonds. The number of hydrogen-bond donors (Lipinski definition) is 1. The molecule has 0 spiro atoms. The highest BCUT2D eigenvalue weighted by atomic mass is 16.1. The van der Waals surface area contributed by atoms with E-state index in [0.29, 0.717) is 0 Å². The molecular formula is C22H30N4O. The standard InChI is InChI=1S/C22H30N4O/c1-4-18(5-2)22(27)24-19-9-10-21(23-16-19)26-13-11-25(12-14-26)20-8-6-7-17(3)15-20/h6-10,15-16,18H,4-5,11-14H2,1-3H3,(H,24,27). The molecular weight excluding hydrogens is 336 g/mol. The molecule has 1 aromatic heterocycles. The molecule has 144 valence electrons. The first kappa shape index (κ1) is 19.2. The quantitative estimate of drug-likeness (QED) is 0.836. The molecule has 5 heteroatoms. The number of carbonyl (C=O) groups is 1. The van der Waals surface area contributed by atoms with Gasteiger partial charge in [-0.05, 0) is 49.6 Å². The van der Waals surface area contributed by atoms with Gasteiger partial charge in [-0.25, -0.2) is 4.98 Å². The van der Waals surface area contributed by atoms with Gasteiger partial charge in [-0.3, -0.25) is 4.79 Å². The first-order valence-electron chi connectivity index (χ1n) is 9.94. The minimum atomic E-state index is 0.0689. The number of benzene rings is 1. The van der Waals surface area contributed by atoms with E-state index in [1.807, 2.05) is 26.0 Å². The number of nitrogens with one attached hydrogen (secondary N) is 1. The minimum absolute atomic E-state index is 0.0689. The fourth-order valence-electron chi connectivity index (χ4n) is 3.57. The van der Waals surface area contributed by atoms with Gasteiger partial charge in [0.2, 0.25) is 5.91 Å². The predicted molar refractivity (Wildman–Crippen MR) is 113 cm³/mol. The summed E-state index contributed by atoms with van der Waals surface area (Å²) in [6.07, 6.45) is 3.49. The zero-order chi connectivity index (χ0) is 19.2. The highest BCUT2D eigenvalue weighted by molar-refractivity contribution is 5.92. The van der Waals surface area contributed by atoms with Crippen molar-refractivity contribution in [3.63, 3.8) is 0 Å². The molecule has 0 unspecified atom stereocenters. The molecule has 2 aromatic rings. The summed E-state index contributed by atoms with van der Waals surface area (Å²) in [5.74, 6) is 1.13. The molecule has 1 aromatic carbocycles. The maximum absolute atomic E-state index is 12.2. The molecule has 0 bridgehead atoms. The Morgan fingerprint density at radius 2 is 1.78 bits per heavy atom. The van der Waals surface area contributed by atoms with Crippen LogP contribution in [-0.4, -0.2) is 37.1 Å². The van der Waals surface area contributed by atoms with Crippen LogP contribution in [0.15, 0.2) is 42.6 Å². The maximum Gasteiger partial charge on any atom is 0.227 e. The molecule has 1 aliphatic heterocycles. The average molecular weight is 367 g/mol. The smallest absolute Gasteiger partial charge is 0.227 e. The van der Waals surface area contributed by atoms with Crippen LogP contribution in [-0.2, 0) is 4.79 Å². The molecule has 1 saturated heterocycles. The van der Waals surface area contributed by atoms with E-state index >= 15 is 0 Å². The summed E-state index contributed by atoms with van der Waals surface area (Å²) in [7, 11) is 0. The number of carbonyl (C=O) groups excluding carboxylic acids is 1. The Kier molecular flexibility index (Phi) is 6.32. The predicted octanol–water partition coefficient (Wildman–Crippen LogP) is 4.09. The molecule has 1 aliphatic rings. The van der Waals surface area contributed by atoms with Crippen molar-refractivity contribution >= 4 is 23.1 Å². The van der Waals surface area contributed by atoms with E-state index in [0.717, 1.165) is 50.5 Å². The fourth-order valence-corrected chi connectivity index (χ4v) is 3.57. The lowest BCUT2D eigenvalue weighted by Crippen LogP contribution is -2.46. The van der Waals surface area contributed by atoms with Crippen LogP contribution in [0.1, 0.15) is 32.3 Å². The summed E-state index contributed by atoms with van der Waals surface area (Å²) in [4.78, 5) is 21.5. The molecule has 1 fully saturated rings. The first-order valence-corrected chi connectivity index (χ1v) is 9.94. The molecule has 0 radical (unpaired) electrons. The van der Waals surface area contributed by atoms with Gasteiger partial charge in [0.25, 0.3) is 0 Å². The third-order valence-electron chi connectivity index (χ3n) is 5.34. The molecule has 5 nitrogen and oxygen atoms in total. The van der Waals surface area contributed by atoms with Gasteiger partial charge in [0.15, 0.2) is 0 Å². The van der Waals surface area contributed by atoms with Gasteiger partial charge >= 0.3 is 0 Å². The molecule has 3 rings (SSSR count). The highest BCUT2D eigenvalue weighted by Crippen LogP contribution is 2.21. The van der Waals surface area contributed by atoms with Crippen LogP contribution in [0.2, 0.25) is 0 Å². The Hall–Kier alpha value is -2.56. The maximum atomic E-state index is 12.2. The lowest BCUT2D eigenvalue weighted by molar-refractivity contribution is -0.120. The van der Waals surface area contributed by atoms with Crippen molar-refractivity contribution in [1.82, 2.24) is 4.98 Å². The monoisotopic (exact) mass is 366 g/mol. The van der Waals surface area contributed by atoms with Crippen molar-refractivity contribution in [2.24, 2.45) is 5.92 Å². The van der Waals surface area contributed by atoms with Gasteiger partial charge in [-0.2, -0.15) is 0 Å². The van der Waals surface area contributed by atoms with Gasteiger partial charge in [0.1, 0.15) is 5.82 Å². The summed E-state index contributed by atoms with van der Waals surface area (Å²) >= 11 is 0. The van der Waals surface area contributed by atoms with E-state index in [1.54, 1.807) is 6.20 Å². The second kappa shape index (κ2) is 8.89. The first-order chi connectivity index (χ1) is 13.1. The number of amides is 1. The van der Waals surface area contributed by atoms with Crippen LogP contribution in [0.5, 0.6) is 0 Å². The van der Waals surface area contributed by atoms with Gasteiger partial charge in [-0.15, -0.1) is 0 Å². The summed E-state index contributed by atoms with van der Waals surface area (Å²) in [5.41, 5.74) is 3.36. The van der Waals surface area contributed by atoms with Gasteiger partial charge in [0, 0.05) is 37.8 Å². The number of anilines is 3. The number of nitrogens with zero attached hydrogens (tertiary/aromatic N) is 3. The van der Waals surface area contributed by atoms with Gasteiger partial charge < -0.3 is 15.1 Å². The zero-order valence-corrected chi connectivity index (χ0v) is 16.6. The van der Waals surface area contributed by atoms with E-state index in [1.165, 1.54) is 11.3 Å². The second-order valence-corrected chi connectivity index (χ2v) is 7.22. The SMILES string of the molecule is CCC(CC)C(=O)Nc1ccc(N2CCN(c3cccc(C)c3)CC2)nc1. The number of piperazine rings is 1. The van der Waals surface area contributed by atoms with Crippen LogP contribution in [0, 0.1) is 12.8 Å². The largest absolute Gasteiger partial charge is 0.368 e. The van der Waals surface area contributed by atoms with Crippen molar-refractivity contribution in [1.29, 1.82) is 0 Å². The van der Waals surface area contributed by atoms with Crippen molar-refractivity contribution in [2.45, 2.75) is 33.6 Å². The molecule has 27 heavy (non-hydrogen) atoms. The molecule has 0 aliphatic carbocycles. The van der Waals surface area contributed by atoms with Crippen LogP contribution >= 0.6 is 0 Å². The second-order valence-electron chi connectivity index (χ2n) is 7.22. The Balaban J connectivity index is 1.56. The summed E-state index contributed by atoms with van der Waals surface area (Å²) in [6, 6.07) is 12.6. The Morgan fingerprint density at radius 3 is 2.37 bits per heavy atom. The lowest BCUT2D eigenvalue weighted by Gasteiger charge is -2.36. The third-order valence-corrected chi connectivity index (χ3v) is 5.34. The minimum Gasteiger partial charge on any atom is -0.368 e. The molecule has 0 atom stereocenters. The van der Waals surface area contributed by atoms with E-state index in [4.69, 9.17) is 0 Å². The normalized spacial score (nSPS) is 14.5. The van der Waals surface area contributed by atoms with E-state index in [2.05, 4.69) is 51.3 Å². The zero-order valence-electron chi connectivity index (χ0n) is 16.6. The summed E-state index contributed by atoms with van der Waals surface area (Å²) in [6.45, 7) is 10.1. The van der Waals surface area contributed by atoms with Crippen LogP contribution in [0.4, 0.5) is 17.2 Å². The van der Waals surface area contributed by atoms with E-state index in [-0.39, 0.29) is 11.8 Å². The number of hydrogen-bond acceptors (Lipinski definition) is 4. The highest BCUT2D eigenvalue weighted by Gasteiger charge is 2.19. The van der Waals surface area contributed by atoms with Crippen LogP contribution in [0.3, 0.4) is 0 Å². The topological polar surface area (TPSA) is 48.5 Å². The third kappa shape index (κ3) is 4.79. The molecule has 0 saturated carbocycles. The molecule has 2 heterocycles. The summed E-state index contributed by atoms with van der Waals surface area (Å²) in [5, 5.41) is 2.98. The van der Waals surface area contributed by atoms with Crippen LogP contribution in [0.25, 0.3) is 0 Å². The van der Waals surface area contributed by atoms with E-state index < -0.39 is 0 Å². The Bertz CT molecular complexity index is 747. The average Bonchev–Trinajstić information content (AvgIpc) is 2.70. The van der Waals surface area contributed by atoms with Gasteiger partial charge in [0.05, 0.1) is 11.9 Å². The van der Waals surface area contributed by atoms with Crippen molar-refractivity contribution in [3.8, 4) is 0 Å². The van der Waals surface area contributed by atoms with Crippen LogP contribution < -0.4 is 15.1 Å². The number of aryl methyl sites for hydroxylation is 1. The number of aromatic nitrogens is 1. The lowest BCUT2D eigenvalue weighted by atomic mass is 10.0. The number of rotatable bonds is 6. The Morgan fingerprint density at radius 1 is 1.07 bits per heavy atom. The molecule has 1 N–H and O–H groups in total. The summed E-state index contributed by atoms with van der Waals surface area (Å²) < 4.78 is 0. The van der Waals surface area contributed by atoms with Crippen molar-refractivity contribution in [3.05, 3.63) is 48.2 Å². The van der Waals surface area contributed by atoms with E-state index in [9.17, 15) is 4.79 Å². The van der Waals surface area contributed by atoms with Gasteiger partial charge in [-0.1, -0.05) is 26.0 Å². The van der Waals surface area contributed by atoms with Crippen molar-refractivity contribution in [2.75, 3.05) is 41.3 Å². The number of pyridine rings is 1.